The lowest BCUT2D eigenvalue weighted by molar-refractivity contribution is -0.133. The summed E-state index contributed by atoms with van der Waals surface area (Å²) in [6.45, 7) is 9.08. The fraction of sp³-hybridized carbons (Fsp3) is 0.476. The normalized spacial score (nSPS) is 15.5. The number of benzene rings is 1. The molecule has 0 atom stereocenters. The smallest absolute Gasteiger partial charge is 0.224 e. The first-order chi connectivity index (χ1) is 13.5. The number of carbonyl (C=O) groups is 1. The molecular weight excluding hydrogens is 352 g/mol. The summed E-state index contributed by atoms with van der Waals surface area (Å²) in [6, 6.07) is 8.70. The lowest BCUT2D eigenvalue weighted by Crippen LogP contribution is -2.48. The van der Waals surface area contributed by atoms with Gasteiger partial charge in [-0.15, -0.1) is 0 Å². The molecule has 7 nitrogen and oxygen atoms in total. The molecule has 0 radical (unpaired) electrons. The van der Waals surface area contributed by atoms with Crippen molar-refractivity contribution in [2.75, 3.05) is 26.2 Å². The van der Waals surface area contributed by atoms with Crippen LogP contribution in [0.25, 0.3) is 11.0 Å². The number of piperazine rings is 1. The van der Waals surface area contributed by atoms with Gasteiger partial charge in [0.25, 0.3) is 0 Å². The van der Waals surface area contributed by atoms with Crippen molar-refractivity contribution in [2.45, 2.75) is 33.4 Å². The van der Waals surface area contributed by atoms with Crippen molar-refractivity contribution in [3.8, 4) is 0 Å². The standard InChI is InChI=1S/C21H28N6O/c1-16-4-6-18(7-5-16)15-25-10-12-26(13-11-25)20(28)8-9-27-21-17(2)23-24(3)19(21)14-22-27/h4-7,14H,8-13,15H2,1-3H3. The zero-order chi connectivity index (χ0) is 19.7. The molecule has 0 aliphatic carbocycles. The second-order valence-corrected chi connectivity index (χ2v) is 7.70. The summed E-state index contributed by atoms with van der Waals surface area (Å²) < 4.78 is 3.74. The lowest BCUT2D eigenvalue weighted by Gasteiger charge is -2.34. The first kappa shape index (κ1) is 18.7. The third-order valence-electron chi connectivity index (χ3n) is 5.60. The Kier molecular flexibility index (Phi) is 5.17. The Hall–Kier alpha value is -2.67. The van der Waals surface area contributed by atoms with E-state index in [2.05, 4.69) is 46.3 Å². The highest BCUT2D eigenvalue weighted by Crippen LogP contribution is 2.17. The van der Waals surface area contributed by atoms with Gasteiger partial charge in [0.15, 0.2) is 0 Å². The molecule has 0 spiro atoms. The highest BCUT2D eigenvalue weighted by Gasteiger charge is 2.21. The fourth-order valence-electron chi connectivity index (χ4n) is 3.95. The number of hydrogen-bond donors (Lipinski definition) is 0. The zero-order valence-corrected chi connectivity index (χ0v) is 16.9. The number of rotatable bonds is 5. The second-order valence-electron chi connectivity index (χ2n) is 7.70. The van der Waals surface area contributed by atoms with Crippen LogP contribution in [0.4, 0.5) is 0 Å². The molecule has 3 heterocycles. The van der Waals surface area contributed by atoms with Crippen LogP contribution < -0.4 is 0 Å². The molecule has 1 amide bonds. The van der Waals surface area contributed by atoms with Crippen LogP contribution in [0.5, 0.6) is 0 Å². The highest BCUT2D eigenvalue weighted by molar-refractivity contribution is 5.78. The topological polar surface area (TPSA) is 59.2 Å². The summed E-state index contributed by atoms with van der Waals surface area (Å²) in [5.74, 6) is 0.208. The number of carbonyl (C=O) groups excluding carboxylic acids is 1. The largest absolute Gasteiger partial charge is 0.340 e. The van der Waals surface area contributed by atoms with Crippen LogP contribution in [-0.2, 0) is 24.9 Å². The quantitative estimate of drug-likeness (QED) is 0.680. The minimum Gasteiger partial charge on any atom is -0.340 e. The first-order valence-corrected chi connectivity index (χ1v) is 9.92. The van der Waals surface area contributed by atoms with Gasteiger partial charge in [0.1, 0.15) is 11.0 Å². The summed E-state index contributed by atoms with van der Waals surface area (Å²) in [5, 5.41) is 8.87. The number of aromatic nitrogens is 4. The van der Waals surface area contributed by atoms with E-state index in [1.54, 1.807) is 0 Å². The van der Waals surface area contributed by atoms with Gasteiger partial charge < -0.3 is 4.90 Å². The molecule has 3 aromatic rings. The molecule has 1 saturated heterocycles. The molecule has 148 valence electrons. The van der Waals surface area contributed by atoms with Crippen molar-refractivity contribution in [1.82, 2.24) is 29.4 Å². The summed E-state index contributed by atoms with van der Waals surface area (Å²) in [4.78, 5) is 17.1. The molecule has 1 aliphatic heterocycles. The lowest BCUT2D eigenvalue weighted by atomic mass is 10.1. The van der Waals surface area contributed by atoms with Crippen LogP contribution in [0, 0.1) is 13.8 Å². The molecule has 28 heavy (non-hydrogen) atoms. The third-order valence-corrected chi connectivity index (χ3v) is 5.60. The van der Waals surface area contributed by atoms with Crippen molar-refractivity contribution in [1.29, 1.82) is 0 Å². The van der Waals surface area contributed by atoms with Gasteiger partial charge in [-0.2, -0.15) is 10.2 Å². The number of aryl methyl sites for hydroxylation is 4. The van der Waals surface area contributed by atoms with Gasteiger partial charge in [-0.1, -0.05) is 29.8 Å². The van der Waals surface area contributed by atoms with Crippen LogP contribution in [0.15, 0.2) is 30.5 Å². The molecule has 0 bridgehead atoms. The summed E-state index contributed by atoms with van der Waals surface area (Å²) >= 11 is 0. The number of hydrogen-bond acceptors (Lipinski definition) is 4. The van der Waals surface area contributed by atoms with Crippen molar-refractivity contribution in [2.24, 2.45) is 7.05 Å². The molecule has 0 unspecified atom stereocenters. The summed E-state index contributed by atoms with van der Waals surface area (Å²) in [7, 11) is 1.92. The van der Waals surface area contributed by atoms with Crippen molar-refractivity contribution >= 4 is 16.9 Å². The number of amides is 1. The first-order valence-electron chi connectivity index (χ1n) is 9.92. The summed E-state index contributed by atoms with van der Waals surface area (Å²) in [5.41, 5.74) is 5.61. The van der Waals surface area contributed by atoms with Gasteiger partial charge in [-0.25, -0.2) is 0 Å². The maximum Gasteiger partial charge on any atom is 0.224 e. The molecule has 0 N–H and O–H groups in total. The zero-order valence-electron chi connectivity index (χ0n) is 16.9. The Labute approximate surface area is 165 Å². The Morgan fingerprint density at radius 3 is 2.50 bits per heavy atom. The van der Waals surface area contributed by atoms with Gasteiger partial charge in [0.2, 0.25) is 5.91 Å². The molecule has 7 heteroatoms. The molecule has 4 rings (SSSR count). The monoisotopic (exact) mass is 380 g/mol. The van der Waals surface area contributed by atoms with Crippen LogP contribution in [0.2, 0.25) is 0 Å². The van der Waals surface area contributed by atoms with Crippen LogP contribution in [0.1, 0.15) is 23.2 Å². The Balaban J connectivity index is 1.28. The third kappa shape index (κ3) is 3.80. The maximum absolute atomic E-state index is 12.7. The fourth-order valence-corrected chi connectivity index (χ4v) is 3.95. The van der Waals surface area contributed by atoms with Crippen molar-refractivity contribution in [3.63, 3.8) is 0 Å². The van der Waals surface area contributed by atoms with Gasteiger partial charge in [0.05, 0.1) is 18.4 Å². The van der Waals surface area contributed by atoms with E-state index < -0.39 is 0 Å². The average Bonchev–Trinajstić information content (AvgIpc) is 3.24. The Morgan fingerprint density at radius 1 is 1.07 bits per heavy atom. The van der Waals surface area contributed by atoms with Crippen LogP contribution in [0.3, 0.4) is 0 Å². The minimum atomic E-state index is 0.208. The van der Waals surface area contributed by atoms with Crippen LogP contribution in [-0.4, -0.2) is 61.4 Å². The van der Waals surface area contributed by atoms with Crippen LogP contribution >= 0.6 is 0 Å². The van der Waals surface area contributed by atoms with Crippen molar-refractivity contribution < 1.29 is 4.79 Å². The van der Waals surface area contributed by atoms with Gasteiger partial charge in [-0.3, -0.25) is 19.1 Å². The molecule has 1 aliphatic rings. The molecule has 1 aromatic carbocycles. The van der Waals surface area contributed by atoms with E-state index in [0.717, 1.165) is 49.5 Å². The van der Waals surface area contributed by atoms with E-state index in [4.69, 9.17) is 0 Å². The summed E-state index contributed by atoms with van der Waals surface area (Å²) in [6.07, 6.45) is 2.30. The Bertz CT molecular complexity index is 963. The minimum absolute atomic E-state index is 0.208. The van der Waals surface area contributed by atoms with E-state index in [9.17, 15) is 4.79 Å². The van der Waals surface area contributed by atoms with Crippen molar-refractivity contribution in [3.05, 3.63) is 47.3 Å². The molecule has 0 saturated carbocycles. The highest BCUT2D eigenvalue weighted by atomic mass is 16.2. The van der Waals surface area contributed by atoms with E-state index in [1.165, 1.54) is 11.1 Å². The molecule has 2 aromatic heterocycles. The SMILES string of the molecule is Cc1ccc(CN2CCN(C(=O)CCn3ncc4c3c(C)nn4C)CC2)cc1. The van der Waals surface area contributed by atoms with Gasteiger partial charge in [-0.05, 0) is 19.4 Å². The molecular formula is C21H28N6O. The van der Waals surface area contributed by atoms with E-state index in [-0.39, 0.29) is 5.91 Å². The van der Waals surface area contributed by atoms with E-state index >= 15 is 0 Å². The van der Waals surface area contributed by atoms with Gasteiger partial charge in [0, 0.05) is 46.2 Å². The maximum atomic E-state index is 12.7. The predicted octanol–water partition coefficient (Wildman–Crippen LogP) is 2.12. The Morgan fingerprint density at radius 2 is 1.79 bits per heavy atom. The second kappa shape index (κ2) is 7.75. The van der Waals surface area contributed by atoms with Gasteiger partial charge >= 0.3 is 0 Å². The van der Waals surface area contributed by atoms with E-state index in [0.29, 0.717) is 13.0 Å². The predicted molar refractivity (Wildman–Crippen MR) is 109 cm³/mol. The number of fused-ring (bicyclic) bond motifs is 1. The average molecular weight is 380 g/mol. The number of nitrogens with zero attached hydrogens (tertiary/aromatic N) is 6. The molecule has 1 fully saturated rings. The van der Waals surface area contributed by atoms with E-state index in [1.807, 2.05) is 34.4 Å².